The molecule has 1 aromatic rings. The molecule has 17 heavy (non-hydrogen) atoms. The predicted octanol–water partition coefficient (Wildman–Crippen LogP) is 1.85. The molecule has 1 unspecified atom stereocenters. The van der Waals surface area contributed by atoms with E-state index in [2.05, 4.69) is 22.4 Å². The maximum absolute atomic E-state index is 5.54. The van der Waals surface area contributed by atoms with Crippen molar-refractivity contribution in [1.29, 1.82) is 0 Å². The number of hydrogen-bond donors (Lipinski definition) is 1. The Labute approximate surface area is 102 Å². The highest BCUT2D eigenvalue weighted by molar-refractivity contribution is 4.92. The van der Waals surface area contributed by atoms with Gasteiger partial charge in [-0.25, -0.2) is 0 Å². The largest absolute Gasteiger partial charge is 0.370 e. The molecule has 5 heteroatoms. The molecule has 1 fully saturated rings. The Morgan fingerprint density at radius 1 is 1.47 bits per heavy atom. The van der Waals surface area contributed by atoms with Crippen LogP contribution in [0.1, 0.15) is 50.9 Å². The predicted molar refractivity (Wildman–Crippen MR) is 63.7 cm³/mol. The third kappa shape index (κ3) is 3.78. The van der Waals surface area contributed by atoms with Crippen LogP contribution in [-0.4, -0.2) is 29.3 Å². The normalized spacial score (nSPS) is 17.3. The molecule has 1 aliphatic rings. The first kappa shape index (κ1) is 12.5. The standard InChI is InChI=1S/C12H21N3O2/c1-3-10(16-4-2)12-14-11(17-15-12)7-8-13-9-5-6-9/h9-10,13H,3-8H2,1-2H3. The van der Waals surface area contributed by atoms with E-state index >= 15 is 0 Å². The minimum atomic E-state index is -0.0334. The van der Waals surface area contributed by atoms with Crippen molar-refractivity contribution in [1.82, 2.24) is 15.5 Å². The minimum Gasteiger partial charge on any atom is -0.370 e. The average molecular weight is 239 g/mol. The highest BCUT2D eigenvalue weighted by Gasteiger charge is 2.21. The van der Waals surface area contributed by atoms with Crippen molar-refractivity contribution in [2.24, 2.45) is 0 Å². The van der Waals surface area contributed by atoms with Gasteiger partial charge in [-0.3, -0.25) is 0 Å². The van der Waals surface area contributed by atoms with Gasteiger partial charge in [-0.1, -0.05) is 12.1 Å². The van der Waals surface area contributed by atoms with Crippen molar-refractivity contribution >= 4 is 0 Å². The number of rotatable bonds is 8. The molecule has 1 heterocycles. The third-order valence-corrected chi connectivity index (χ3v) is 2.86. The molecule has 0 radical (unpaired) electrons. The summed E-state index contributed by atoms with van der Waals surface area (Å²) in [7, 11) is 0. The molecule has 1 aliphatic carbocycles. The second kappa shape index (κ2) is 6.12. The van der Waals surface area contributed by atoms with Crippen LogP contribution in [0.5, 0.6) is 0 Å². The van der Waals surface area contributed by atoms with E-state index in [0.29, 0.717) is 18.3 Å². The van der Waals surface area contributed by atoms with Gasteiger partial charge in [-0.2, -0.15) is 4.98 Å². The second-order valence-corrected chi connectivity index (χ2v) is 4.38. The van der Waals surface area contributed by atoms with Gasteiger partial charge >= 0.3 is 0 Å². The minimum absolute atomic E-state index is 0.0334. The summed E-state index contributed by atoms with van der Waals surface area (Å²) in [6, 6.07) is 0.726. The Morgan fingerprint density at radius 3 is 2.94 bits per heavy atom. The lowest BCUT2D eigenvalue weighted by Crippen LogP contribution is -2.19. The van der Waals surface area contributed by atoms with Gasteiger partial charge in [-0.05, 0) is 26.2 Å². The van der Waals surface area contributed by atoms with Gasteiger partial charge in [-0.15, -0.1) is 0 Å². The van der Waals surface area contributed by atoms with E-state index in [1.807, 2.05) is 6.92 Å². The molecule has 0 aromatic carbocycles. The molecule has 1 N–H and O–H groups in total. The lowest BCUT2D eigenvalue weighted by Gasteiger charge is -2.09. The van der Waals surface area contributed by atoms with Crippen molar-refractivity contribution in [2.75, 3.05) is 13.2 Å². The average Bonchev–Trinajstić information content (AvgIpc) is 3.04. The van der Waals surface area contributed by atoms with E-state index < -0.39 is 0 Å². The van der Waals surface area contributed by atoms with E-state index in [0.717, 1.165) is 25.4 Å². The SMILES string of the molecule is CCOC(CC)c1noc(CCNC2CC2)n1. The van der Waals surface area contributed by atoms with Gasteiger partial charge in [0.1, 0.15) is 6.10 Å². The van der Waals surface area contributed by atoms with E-state index in [-0.39, 0.29) is 6.10 Å². The van der Waals surface area contributed by atoms with Crippen molar-refractivity contribution in [3.05, 3.63) is 11.7 Å². The van der Waals surface area contributed by atoms with Gasteiger partial charge in [0.2, 0.25) is 11.7 Å². The molecule has 5 nitrogen and oxygen atoms in total. The van der Waals surface area contributed by atoms with Gasteiger partial charge in [0.05, 0.1) is 0 Å². The third-order valence-electron chi connectivity index (χ3n) is 2.86. The molecule has 0 aliphatic heterocycles. The highest BCUT2D eigenvalue weighted by atomic mass is 16.5. The Bertz CT molecular complexity index is 336. The van der Waals surface area contributed by atoms with Crippen LogP contribution < -0.4 is 5.32 Å². The van der Waals surface area contributed by atoms with Crippen LogP contribution in [0.3, 0.4) is 0 Å². The fraction of sp³-hybridized carbons (Fsp3) is 0.833. The first-order chi connectivity index (χ1) is 8.33. The molecule has 1 atom stereocenters. The molecule has 0 bridgehead atoms. The summed E-state index contributed by atoms with van der Waals surface area (Å²) < 4.78 is 10.8. The summed E-state index contributed by atoms with van der Waals surface area (Å²) in [5.41, 5.74) is 0. The topological polar surface area (TPSA) is 60.2 Å². The molecular weight excluding hydrogens is 218 g/mol. The number of nitrogens with one attached hydrogen (secondary N) is 1. The second-order valence-electron chi connectivity index (χ2n) is 4.38. The molecule has 0 amide bonds. The first-order valence-corrected chi connectivity index (χ1v) is 6.51. The summed E-state index contributed by atoms with van der Waals surface area (Å²) in [6.07, 6.45) is 4.24. The zero-order valence-electron chi connectivity index (χ0n) is 10.6. The Balaban J connectivity index is 1.80. The van der Waals surface area contributed by atoms with Crippen molar-refractivity contribution in [3.63, 3.8) is 0 Å². The van der Waals surface area contributed by atoms with Crippen molar-refractivity contribution in [2.45, 2.75) is 51.7 Å². The van der Waals surface area contributed by atoms with Gasteiger partial charge in [0.25, 0.3) is 0 Å². The summed E-state index contributed by atoms with van der Waals surface area (Å²) in [4.78, 5) is 4.37. The Hall–Kier alpha value is -0.940. The van der Waals surface area contributed by atoms with Crippen LogP contribution >= 0.6 is 0 Å². The quantitative estimate of drug-likeness (QED) is 0.750. The lowest BCUT2D eigenvalue weighted by molar-refractivity contribution is 0.0518. The van der Waals surface area contributed by atoms with Crippen LogP contribution in [-0.2, 0) is 11.2 Å². The van der Waals surface area contributed by atoms with Gasteiger partial charge in [0.15, 0.2) is 0 Å². The van der Waals surface area contributed by atoms with Crippen LogP contribution in [0.15, 0.2) is 4.52 Å². The zero-order chi connectivity index (χ0) is 12.1. The van der Waals surface area contributed by atoms with Crippen LogP contribution in [0, 0.1) is 0 Å². The van der Waals surface area contributed by atoms with Crippen LogP contribution in [0.25, 0.3) is 0 Å². The molecule has 2 rings (SSSR count). The van der Waals surface area contributed by atoms with E-state index in [1.165, 1.54) is 12.8 Å². The zero-order valence-corrected chi connectivity index (χ0v) is 10.6. The van der Waals surface area contributed by atoms with Crippen LogP contribution in [0.2, 0.25) is 0 Å². The molecule has 96 valence electrons. The van der Waals surface area contributed by atoms with E-state index in [9.17, 15) is 0 Å². The maximum Gasteiger partial charge on any atom is 0.228 e. The smallest absolute Gasteiger partial charge is 0.228 e. The fourth-order valence-corrected chi connectivity index (χ4v) is 1.75. The van der Waals surface area contributed by atoms with Crippen LogP contribution in [0.4, 0.5) is 0 Å². The van der Waals surface area contributed by atoms with E-state index in [1.54, 1.807) is 0 Å². The van der Waals surface area contributed by atoms with E-state index in [4.69, 9.17) is 9.26 Å². The van der Waals surface area contributed by atoms with Crippen molar-refractivity contribution < 1.29 is 9.26 Å². The molecule has 0 saturated heterocycles. The molecule has 0 spiro atoms. The van der Waals surface area contributed by atoms with Gasteiger partial charge in [0, 0.05) is 25.6 Å². The van der Waals surface area contributed by atoms with Crippen molar-refractivity contribution in [3.8, 4) is 0 Å². The molecule has 1 saturated carbocycles. The summed E-state index contributed by atoms with van der Waals surface area (Å²) in [5.74, 6) is 1.38. The lowest BCUT2D eigenvalue weighted by atomic mass is 10.2. The molecule has 1 aromatic heterocycles. The monoisotopic (exact) mass is 239 g/mol. The fourth-order valence-electron chi connectivity index (χ4n) is 1.75. The number of nitrogens with zero attached hydrogens (tertiary/aromatic N) is 2. The maximum atomic E-state index is 5.54. The number of aromatic nitrogens is 2. The summed E-state index contributed by atoms with van der Waals surface area (Å²) in [5, 5.41) is 7.40. The first-order valence-electron chi connectivity index (χ1n) is 6.51. The Kier molecular flexibility index (Phi) is 4.50. The highest BCUT2D eigenvalue weighted by Crippen LogP contribution is 2.19. The Morgan fingerprint density at radius 2 is 2.29 bits per heavy atom. The summed E-state index contributed by atoms with van der Waals surface area (Å²) in [6.45, 7) is 5.62. The molecular formula is C12H21N3O2. The number of hydrogen-bond acceptors (Lipinski definition) is 5. The van der Waals surface area contributed by atoms with Gasteiger partial charge < -0.3 is 14.6 Å². The number of ether oxygens (including phenoxy) is 1. The summed E-state index contributed by atoms with van der Waals surface area (Å²) >= 11 is 0.